The molecule has 0 aliphatic carbocycles. The van der Waals surface area contributed by atoms with Gasteiger partial charge in [-0.2, -0.15) is 0 Å². The molecule has 1 amide bonds. The maximum atomic E-state index is 12.0. The van der Waals surface area contributed by atoms with Crippen LogP contribution < -0.4 is 14.8 Å². The van der Waals surface area contributed by atoms with Gasteiger partial charge in [-0.15, -0.1) is 11.8 Å². The molecule has 144 valence electrons. The number of methoxy groups -OCH3 is 2. The Morgan fingerprint density at radius 2 is 1.89 bits per heavy atom. The third-order valence-electron chi connectivity index (χ3n) is 3.85. The minimum absolute atomic E-state index is 0.0714. The number of nitro benzene ring substituents is 1. The van der Waals surface area contributed by atoms with Gasteiger partial charge in [-0.1, -0.05) is 24.3 Å². The number of hydrogen-bond acceptors (Lipinski definition) is 6. The number of nitro groups is 1. The summed E-state index contributed by atoms with van der Waals surface area (Å²) in [5.41, 5.74) is 1.74. The number of hydrogen-bond donors (Lipinski definition) is 1. The molecule has 2 aromatic carbocycles. The van der Waals surface area contributed by atoms with Gasteiger partial charge in [-0.3, -0.25) is 14.9 Å². The molecular formula is C19H22N2O5S. The summed E-state index contributed by atoms with van der Waals surface area (Å²) < 4.78 is 10.3. The van der Waals surface area contributed by atoms with Crippen LogP contribution in [0.15, 0.2) is 42.5 Å². The maximum absolute atomic E-state index is 12.0. The van der Waals surface area contributed by atoms with E-state index in [9.17, 15) is 14.9 Å². The molecule has 0 heterocycles. The predicted molar refractivity (Wildman–Crippen MR) is 106 cm³/mol. The summed E-state index contributed by atoms with van der Waals surface area (Å²) in [6.07, 6.45) is 0.686. The van der Waals surface area contributed by atoms with Crippen molar-refractivity contribution < 1.29 is 19.2 Å². The third-order valence-corrected chi connectivity index (χ3v) is 4.85. The van der Waals surface area contributed by atoms with Gasteiger partial charge in [0, 0.05) is 18.4 Å². The molecule has 27 heavy (non-hydrogen) atoms. The summed E-state index contributed by atoms with van der Waals surface area (Å²) in [5, 5.41) is 13.9. The van der Waals surface area contributed by atoms with Crippen LogP contribution in [0.2, 0.25) is 0 Å². The van der Waals surface area contributed by atoms with E-state index in [1.807, 2.05) is 24.3 Å². The number of para-hydroxylation sites is 1. The van der Waals surface area contributed by atoms with Crippen molar-refractivity contribution in [3.8, 4) is 11.5 Å². The molecule has 0 saturated heterocycles. The second kappa shape index (κ2) is 10.4. The van der Waals surface area contributed by atoms with Crippen molar-refractivity contribution in [2.24, 2.45) is 0 Å². The summed E-state index contributed by atoms with van der Waals surface area (Å²) in [5.74, 6) is 1.75. The van der Waals surface area contributed by atoms with Crippen molar-refractivity contribution in [3.05, 3.63) is 63.7 Å². The first kappa shape index (κ1) is 20.6. The highest BCUT2D eigenvalue weighted by atomic mass is 32.2. The van der Waals surface area contributed by atoms with Gasteiger partial charge < -0.3 is 14.8 Å². The lowest BCUT2D eigenvalue weighted by Crippen LogP contribution is -2.27. The van der Waals surface area contributed by atoms with E-state index in [0.29, 0.717) is 18.7 Å². The average molecular weight is 390 g/mol. The molecule has 0 aliphatic rings. The number of benzene rings is 2. The Balaban J connectivity index is 1.76. The summed E-state index contributed by atoms with van der Waals surface area (Å²) in [4.78, 5) is 22.5. The van der Waals surface area contributed by atoms with Gasteiger partial charge in [0.2, 0.25) is 5.91 Å². The van der Waals surface area contributed by atoms with Gasteiger partial charge in [-0.25, -0.2) is 0 Å². The Labute approximate surface area is 162 Å². The van der Waals surface area contributed by atoms with Crippen LogP contribution in [0.25, 0.3) is 0 Å². The Bertz CT molecular complexity index is 797. The highest BCUT2D eigenvalue weighted by Crippen LogP contribution is 2.28. The average Bonchev–Trinajstić information content (AvgIpc) is 2.68. The van der Waals surface area contributed by atoms with E-state index < -0.39 is 4.92 Å². The van der Waals surface area contributed by atoms with Gasteiger partial charge in [0.1, 0.15) is 5.75 Å². The Kier molecular flexibility index (Phi) is 7.94. The number of amides is 1. The van der Waals surface area contributed by atoms with Gasteiger partial charge in [0.15, 0.2) is 5.75 Å². The fraction of sp³-hybridized carbons (Fsp3) is 0.316. The largest absolute Gasteiger partial charge is 0.496 e. The van der Waals surface area contributed by atoms with Crippen LogP contribution in [-0.4, -0.2) is 37.3 Å². The lowest BCUT2D eigenvalue weighted by atomic mass is 10.1. The van der Waals surface area contributed by atoms with Crippen LogP contribution in [0.1, 0.15) is 11.1 Å². The SMILES string of the molecule is COc1ccccc1CCNC(=O)CSCc1ccc(OC)c([N+](=O)[O-])c1. The quantitative estimate of drug-likeness (QED) is 0.495. The summed E-state index contributed by atoms with van der Waals surface area (Å²) in [6.45, 7) is 0.522. The smallest absolute Gasteiger partial charge is 0.311 e. The van der Waals surface area contributed by atoms with Crippen molar-refractivity contribution in [2.75, 3.05) is 26.5 Å². The molecule has 1 N–H and O–H groups in total. The zero-order valence-corrected chi connectivity index (χ0v) is 16.1. The zero-order valence-electron chi connectivity index (χ0n) is 15.3. The van der Waals surface area contributed by atoms with Gasteiger partial charge in [0.25, 0.3) is 0 Å². The molecular weight excluding hydrogens is 368 g/mol. The van der Waals surface area contributed by atoms with E-state index >= 15 is 0 Å². The molecule has 0 atom stereocenters. The number of rotatable bonds is 10. The first-order valence-corrected chi connectivity index (χ1v) is 9.48. The fourth-order valence-electron chi connectivity index (χ4n) is 2.53. The molecule has 0 aromatic heterocycles. The number of thioether (sulfide) groups is 1. The molecule has 0 bridgehead atoms. The van der Waals surface area contributed by atoms with Crippen molar-refractivity contribution in [2.45, 2.75) is 12.2 Å². The number of carbonyl (C=O) groups is 1. The van der Waals surface area contributed by atoms with Gasteiger partial charge in [0.05, 0.1) is 24.9 Å². The van der Waals surface area contributed by atoms with Crippen molar-refractivity contribution in [1.82, 2.24) is 5.32 Å². The molecule has 0 saturated carbocycles. The van der Waals surface area contributed by atoms with Crippen LogP contribution in [0.3, 0.4) is 0 Å². The summed E-state index contributed by atoms with van der Waals surface area (Å²) in [7, 11) is 3.02. The van der Waals surface area contributed by atoms with E-state index in [0.717, 1.165) is 16.9 Å². The van der Waals surface area contributed by atoms with Gasteiger partial charge in [-0.05, 0) is 29.7 Å². The first-order valence-electron chi connectivity index (χ1n) is 8.32. The number of carbonyl (C=O) groups excluding carboxylic acids is 1. The maximum Gasteiger partial charge on any atom is 0.311 e. The molecule has 0 radical (unpaired) electrons. The van der Waals surface area contributed by atoms with E-state index in [1.54, 1.807) is 19.2 Å². The minimum Gasteiger partial charge on any atom is -0.496 e. The van der Waals surface area contributed by atoms with Crippen molar-refractivity contribution in [3.63, 3.8) is 0 Å². The number of nitrogens with zero attached hydrogens (tertiary/aromatic N) is 1. The van der Waals surface area contributed by atoms with Crippen molar-refractivity contribution in [1.29, 1.82) is 0 Å². The Morgan fingerprint density at radius 1 is 1.15 bits per heavy atom. The van der Waals surface area contributed by atoms with Crippen LogP contribution in [0, 0.1) is 10.1 Å². The van der Waals surface area contributed by atoms with Crippen LogP contribution in [0.5, 0.6) is 11.5 Å². The summed E-state index contributed by atoms with van der Waals surface area (Å²) >= 11 is 1.40. The molecule has 8 heteroatoms. The lowest BCUT2D eigenvalue weighted by molar-refractivity contribution is -0.385. The highest BCUT2D eigenvalue weighted by molar-refractivity contribution is 7.99. The molecule has 2 rings (SSSR count). The van der Waals surface area contributed by atoms with Crippen LogP contribution in [0.4, 0.5) is 5.69 Å². The predicted octanol–water partition coefficient (Wildman–Crippen LogP) is 3.20. The van der Waals surface area contributed by atoms with E-state index in [-0.39, 0.29) is 23.1 Å². The Morgan fingerprint density at radius 3 is 2.59 bits per heavy atom. The zero-order chi connectivity index (χ0) is 19.6. The van der Waals surface area contributed by atoms with E-state index in [4.69, 9.17) is 9.47 Å². The van der Waals surface area contributed by atoms with Crippen molar-refractivity contribution >= 4 is 23.4 Å². The second-order valence-electron chi connectivity index (χ2n) is 5.67. The molecule has 7 nitrogen and oxygen atoms in total. The first-order chi connectivity index (χ1) is 13.0. The number of ether oxygens (including phenoxy) is 2. The lowest BCUT2D eigenvalue weighted by Gasteiger charge is -2.09. The van der Waals surface area contributed by atoms with E-state index in [2.05, 4.69) is 5.32 Å². The van der Waals surface area contributed by atoms with E-state index in [1.165, 1.54) is 24.9 Å². The minimum atomic E-state index is -0.475. The molecule has 0 unspecified atom stereocenters. The van der Waals surface area contributed by atoms with Crippen LogP contribution in [-0.2, 0) is 17.0 Å². The molecule has 0 aliphatic heterocycles. The standard InChI is InChI=1S/C19H22N2O5S/c1-25-17-6-4-3-5-15(17)9-10-20-19(22)13-27-12-14-7-8-18(26-2)16(11-14)21(23)24/h3-8,11H,9-10,12-13H2,1-2H3,(H,20,22). The number of nitrogens with one attached hydrogen (secondary N) is 1. The van der Waals surface area contributed by atoms with Gasteiger partial charge >= 0.3 is 5.69 Å². The summed E-state index contributed by atoms with van der Waals surface area (Å²) in [6, 6.07) is 12.5. The normalized spacial score (nSPS) is 10.3. The molecule has 0 spiro atoms. The monoisotopic (exact) mass is 390 g/mol. The second-order valence-corrected chi connectivity index (χ2v) is 6.65. The Hall–Kier alpha value is -2.74. The molecule has 2 aromatic rings. The molecule has 0 fully saturated rings. The fourth-order valence-corrected chi connectivity index (χ4v) is 3.33. The van der Waals surface area contributed by atoms with Crippen LogP contribution >= 0.6 is 11.8 Å². The third kappa shape index (κ3) is 6.18. The highest BCUT2D eigenvalue weighted by Gasteiger charge is 2.15. The topological polar surface area (TPSA) is 90.7 Å².